The molecule has 0 aliphatic carbocycles. The summed E-state index contributed by atoms with van der Waals surface area (Å²) in [4.78, 5) is 23.7. The van der Waals surface area contributed by atoms with Crippen molar-refractivity contribution in [2.75, 3.05) is 19.0 Å². The maximum absolute atomic E-state index is 9.55. The van der Waals surface area contributed by atoms with Crippen LogP contribution < -0.4 is 15.8 Å². The Bertz CT molecular complexity index is 867. The number of aryl methyl sites for hydroxylation is 1. The third-order valence-corrected chi connectivity index (χ3v) is 4.56. The normalized spacial score (nSPS) is 11.6. The molecule has 0 spiro atoms. The molecule has 2 aromatic rings. The van der Waals surface area contributed by atoms with Gasteiger partial charge in [0.1, 0.15) is 5.75 Å². The van der Waals surface area contributed by atoms with Crippen LogP contribution in [0.1, 0.15) is 45.1 Å². The Labute approximate surface area is 183 Å². The fraction of sp³-hybridized carbons (Fsp3) is 0.435. The summed E-state index contributed by atoms with van der Waals surface area (Å²) < 4.78 is 5.50. The predicted octanol–water partition coefficient (Wildman–Crippen LogP) is 3.84. The summed E-state index contributed by atoms with van der Waals surface area (Å²) in [6.45, 7) is 5.13. The molecule has 0 radical (unpaired) electrons. The molecular weight excluding hydrogens is 398 g/mol. The number of rotatable bonds is 11. The molecule has 0 bridgehead atoms. The number of unbranched alkanes of at least 4 members (excludes halogenated alkanes) is 1. The van der Waals surface area contributed by atoms with Gasteiger partial charge in [-0.05, 0) is 56.8 Å². The lowest BCUT2D eigenvalue weighted by Crippen LogP contribution is -2.17. The number of pyridine rings is 1. The molecule has 0 saturated heterocycles. The number of benzene rings is 1. The summed E-state index contributed by atoms with van der Waals surface area (Å²) in [5.41, 5.74) is 9.02. The Morgan fingerprint density at radius 2 is 1.90 bits per heavy atom. The van der Waals surface area contributed by atoms with Crippen molar-refractivity contribution >= 4 is 28.5 Å². The number of carboxylic acid groups (broad SMARTS) is 2. The lowest BCUT2D eigenvalue weighted by atomic mass is 10.0. The lowest BCUT2D eigenvalue weighted by Gasteiger charge is -2.18. The number of carboxylic acids is 2. The number of carbonyl (C=O) groups is 2. The quantitative estimate of drug-likeness (QED) is 0.394. The average molecular weight is 432 g/mol. The van der Waals surface area contributed by atoms with Crippen LogP contribution in [0.3, 0.4) is 0 Å². The third-order valence-electron chi connectivity index (χ3n) is 4.56. The Morgan fingerprint density at radius 1 is 1.23 bits per heavy atom. The second kappa shape index (κ2) is 14.0. The Kier molecular flexibility index (Phi) is 11.7. The van der Waals surface area contributed by atoms with Gasteiger partial charge in [-0.25, -0.2) is 9.59 Å². The number of ether oxygens (including phenoxy) is 1. The molecule has 170 valence electrons. The van der Waals surface area contributed by atoms with Gasteiger partial charge in [0.15, 0.2) is 0 Å². The summed E-state index contributed by atoms with van der Waals surface area (Å²) in [6.07, 6.45) is 8.54. The fourth-order valence-corrected chi connectivity index (χ4v) is 3.00. The molecule has 0 amide bonds. The van der Waals surface area contributed by atoms with Gasteiger partial charge in [-0.15, -0.1) is 0 Å². The Morgan fingerprint density at radius 3 is 2.45 bits per heavy atom. The van der Waals surface area contributed by atoms with Crippen molar-refractivity contribution in [2.24, 2.45) is 5.73 Å². The van der Waals surface area contributed by atoms with Crippen LogP contribution >= 0.6 is 0 Å². The molecule has 1 aromatic heterocycles. The van der Waals surface area contributed by atoms with Gasteiger partial charge in [0, 0.05) is 35.8 Å². The van der Waals surface area contributed by atoms with E-state index < -0.39 is 11.9 Å². The van der Waals surface area contributed by atoms with Gasteiger partial charge >= 0.3 is 11.9 Å². The van der Waals surface area contributed by atoms with Gasteiger partial charge in [0.25, 0.3) is 0 Å². The molecule has 1 unspecified atom stereocenters. The fourth-order valence-electron chi connectivity index (χ4n) is 3.00. The summed E-state index contributed by atoms with van der Waals surface area (Å²) in [6, 6.07) is 6.62. The maximum Gasteiger partial charge on any atom is 0.328 e. The van der Waals surface area contributed by atoms with E-state index in [-0.39, 0.29) is 0 Å². The number of hydrogen-bond donors (Lipinski definition) is 4. The van der Waals surface area contributed by atoms with Gasteiger partial charge in [-0.1, -0.05) is 13.3 Å². The van der Waals surface area contributed by atoms with Crippen LogP contribution in [0.5, 0.6) is 5.75 Å². The van der Waals surface area contributed by atoms with Crippen LogP contribution in [0.2, 0.25) is 0 Å². The smallest absolute Gasteiger partial charge is 0.328 e. The van der Waals surface area contributed by atoms with Gasteiger partial charge in [-0.3, -0.25) is 4.98 Å². The zero-order valence-corrected chi connectivity index (χ0v) is 18.4. The van der Waals surface area contributed by atoms with E-state index in [2.05, 4.69) is 36.3 Å². The van der Waals surface area contributed by atoms with Crippen molar-refractivity contribution < 1.29 is 24.5 Å². The standard InChI is InChI=1S/C19H29N3O.C4H4O4/c1-4-5-8-15-9-11-21-19-17(15)12-16(23-3)13-18(19)22-14(2)7-6-10-20;5-3(6)1-2-4(7)8/h9,11-14,22H,4-8,10,20H2,1-3H3;1-2H,(H,5,6)(H,7,8)/b;2-1+. The minimum absolute atomic E-state index is 0.356. The minimum atomic E-state index is -1.26. The number of hydrogen-bond acceptors (Lipinski definition) is 6. The van der Waals surface area contributed by atoms with Gasteiger partial charge < -0.3 is 26.0 Å². The number of methoxy groups -OCH3 is 1. The van der Waals surface area contributed by atoms with E-state index in [1.165, 1.54) is 23.8 Å². The van der Waals surface area contributed by atoms with E-state index in [9.17, 15) is 9.59 Å². The van der Waals surface area contributed by atoms with Crippen LogP contribution in [-0.4, -0.2) is 46.8 Å². The van der Waals surface area contributed by atoms with E-state index in [0.717, 1.165) is 42.8 Å². The first kappa shape index (κ1) is 25.9. The molecule has 1 heterocycles. The van der Waals surface area contributed by atoms with E-state index in [1.807, 2.05) is 12.3 Å². The molecule has 0 aliphatic rings. The zero-order valence-electron chi connectivity index (χ0n) is 18.4. The highest BCUT2D eigenvalue weighted by molar-refractivity contribution is 5.94. The van der Waals surface area contributed by atoms with E-state index in [4.69, 9.17) is 20.7 Å². The highest BCUT2D eigenvalue weighted by Crippen LogP contribution is 2.31. The average Bonchev–Trinajstić information content (AvgIpc) is 2.75. The molecule has 0 fully saturated rings. The molecule has 1 atom stereocenters. The Hall–Kier alpha value is -3.13. The molecular formula is C23H33N3O5. The number of fused-ring (bicyclic) bond motifs is 1. The van der Waals surface area contributed by atoms with Crippen LogP contribution in [0, 0.1) is 0 Å². The molecule has 5 N–H and O–H groups in total. The molecule has 8 nitrogen and oxygen atoms in total. The van der Waals surface area contributed by atoms with E-state index >= 15 is 0 Å². The molecule has 8 heteroatoms. The molecule has 2 rings (SSSR count). The summed E-state index contributed by atoms with van der Waals surface area (Å²) in [5.74, 6) is -1.64. The van der Waals surface area contributed by atoms with E-state index in [1.54, 1.807) is 7.11 Å². The Balaban J connectivity index is 0.000000512. The molecule has 0 saturated carbocycles. The number of anilines is 1. The topological polar surface area (TPSA) is 135 Å². The number of nitrogens with one attached hydrogen (secondary N) is 1. The van der Waals surface area contributed by atoms with E-state index in [0.29, 0.717) is 18.2 Å². The van der Waals surface area contributed by atoms with Gasteiger partial charge in [0.2, 0.25) is 0 Å². The second-order valence-electron chi connectivity index (χ2n) is 7.13. The SMILES string of the molecule is CCCCc1ccnc2c(NC(C)CCCN)cc(OC)cc12.O=C(O)/C=C/C(=O)O. The lowest BCUT2D eigenvalue weighted by molar-refractivity contribution is -0.134. The van der Waals surface area contributed by atoms with Crippen LogP contribution in [0.15, 0.2) is 36.5 Å². The first-order chi connectivity index (χ1) is 14.8. The van der Waals surface area contributed by atoms with Crippen molar-refractivity contribution in [2.45, 2.75) is 52.0 Å². The highest BCUT2D eigenvalue weighted by Gasteiger charge is 2.11. The number of aromatic nitrogens is 1. The molecule has 31 heavy (non-hydrogen) atoms. The largest absolute Gasteiger partial charge is 0.497 e. The van der Waals surface area contributed by atoms with Crippen LogP contribution in [-0.2, 0) is 16.0 Å². The van der Waals surface area contributed by atoms with Crippen LogP contribution in [0.25, 0.3) is 10.9 Å². The predicted molar refractivity (Wildman–Crippen MR) is 123 cm³/mol. The monoisotopic (exact) mass is 431 g/mol. The second-order valence-corrected chi connectivity index (χ2v) is 7.13. The zero-order chi connectivity index (χ0) is 23.2. The summed E-state index contributed by atoms with van der Waals surface area (Å²) in [5, 5.41) is 20.4. The first-order valence-electron chi connectivity index (χ1n) is 10.4. The van der Waals surface area contributed by atoms with Crippen LogP contribution in [0.4, 0.5) is 5.69 Å². The van der Waals surface area contributed by atoms with Crippen molar-refractivity contribution in [3.05, 3.63) is 42.1 Å². The number of nitrogens with two attached hydrogens (primary N) is 1. The maximum atomic E-state index is 9.55. The van der Waals surface area contributed by atoms with Crippen molar-refractivity contribution in [3.8, 4) is 5.75 Å². The van der Waals surface area contributed by atoms with Crippen molar-refractivity contribution in [1.29, 1.82) is 0 Å². The molecule has 1 aromatic carbocycles. The minimum Gasteiger partial charge on any atom is -0.497 e. The third kappa shape index (κ3) is 9.48. The van der Waals surface area contributed by atoms with Gasteiger partial charge in [0.05, 0.1) is 18.3 Å². The first-order valence-corrected chi connectivity index (χ1v) is 10.4. The molecule has 0 aliphatic heterocycles. The van der Waals surface area contributed by atoms with Crippen molar-refractivity contribution in [1.82, 2.24) is 4.98 Å². The summed E-state index contributed by atoms with van der Waals surface area (Å²) in [7, 11) is 1.71. The number of aliphatic carboxylic acids is 2. The summed E-state index contributed by atoms with van der Waals surface area (Å²) >= 11 is 0. The van der Waals surface area contributed by atoms with Gasteiger partial charge in [-0.2, -0.15) is 0 Å². The number of nitrogens with zero attached hydrogens (tertiary/aromatic N) is 1. The van der Waals surface area contributed by atoms with Crippen molar-refractivity contribution in [3.63, 3.8) is 0 Å². The highest BCUT2D eigenvalue weighted by atomic mass is 16.5.